The van der Waals surface area contributed by atoms with Crippen LogP contribution in [-0.2, 0) is 32.5 Å². The van der Waals surface area contributed by atoms with E-state index in [2.05, 4.69) is 11.4 Å². The molecule has 0 aromatic heterocycles. The lowest BCUT2D eigenvalue weighted by Gasteiger charge is -2.21. The molecule has 150 valence electrons. The van der Waals surface area contributed by atoms with Crippen molar-refractivity contribution in [2.75, 3.05) is 12.9 Å². The molecule has 1 atom stereocenters. The van der Waals surface area contributed by atoms with Gasteiger partial charge < -0.3 is 10.1 Å². The predicted molar refractivity (Wildman–Crippen MR) is 103 cm³/mol. The van der Waals surface area contributed by atoms with Crippen LogP contribution in [0, 0.1) is 11.3 Å². The number of hydrogen-bond donors (Lipinski definition) is 1. The molecule has 0 unspecified atom stereocenters. The summed E-state index contributed by atoms with van der Waals surface area (Å²) in [6.07, 6.45) is 0.510. The first-order valence-corrected chi connectivity index (χ1v) is 10.7. The van der Waals surface area contributed by atoms with Gasteiger partial charge in [-0.05, 0) is 29.3 Å². The third-order valence-corrected chi connectivity index (χ3v) is 5.70. The predicted octanol–water partition coefficient (Wildman–Crippen LogP) is 1.60. The largest absolute Gasteiger partial charge is 0.447 e. The van der Waals surface area contributed by atoms with Crippen molar-refractivity contribution in [2.45, 2.75) is 24.0 Å². The van der Waals surface area contributed by atoms with Crippen LogP contribution in [0.15, 0.2) is 53.4 Å². The zero-order valence-electron chi connectivity index (χ0n) is 15.7. The van der Waals surface area contributed by atoms with Gasteiger partial charge >= 0.3 is 6.09 Å². The second-order valence-electron chi connectivity index (χ2n) is 6.62. The van der Waals surface area contributed by atoms with Crippen molar-refractivity contribution in [1.29, 1.82) is 5.26 Å². The van der Waals surface area contributed by atoms with E-state index < -0.39 is 27.9 Å². The van der Waals surface area contributed by atoms with Crippen LogP contribution in [0.3, 0.4) is 0 Å². The van der Waals surface area contributed by atoms with Gasteiger partial charge in [-0.15, -0.1) is 0 Å². The van der Waals surface area contributed by atoms with Gasteiger partial charge in [-0.3, -0.25) is 9.69 Å². The number of nitrogens with zero attached hydrogens (tertiary/aromatic N) is 2. The van der Waals surface area contributed by atoms with E-state index in [9.17, 15) is 23.3 Å². The topological polar surface area (TPSA) is 117 Å². The SMILES string of the molecule is CS(=O)(=O)c1ccc(CNC(=O)[C@@H]2COC(=O)N2Cc2ccccc2C#N)cc1. The van der Waals surface area contributed by atoms with Crippen molar-refractivity contribution in [3.8, 4) is 6.07 Å². The molecule has 2 amide bonds. The number of carbonyl (C=O) groups excluding carboxylic acids is 2. The van der Waals surface area contributed by atoms with Gasteiger partial charge in [0.2, 0.25) is 5.91 Å². The summed E-state index contributed by atoms with van der Waals surface area (Å²) in [5.41, 5.74) is 1.78. The van der Waals surface area contributed by atoms with E-state index in [0.717, 1.165) is 11.8 Å². The minimum atomic E-state index is -3.28. The Morgan fingerprint density at radius 1 is 1.24 bits per heavy atom. The standard InChI is InChI=1S/C20H19N3O5S/c1-29(26,27)17-8-6-14(7-9-17)11-22-19(24)18-13-28-20(25)23(18)12-16-5-3-2-4-15(16)10-21/h2-9,18H,11-13H2,1H3,(H,22,24)/t18-/m0/s1. The Balaban J connectivity index is 1.66. The van der Waals surface area contributed by atoms with Gasteiger partial charge in [0.15, 0.2) is 9.84 Å². The van der Waals surface area contributed by atoms with Crippen molar-refractivity contribution < 1.29 is 22.7 Å². The van der Waals surface area contributed by atoms with Crippen LogP contribution in [0.4, 0.5) is 4.79 Å². The third kappa shape index (κ3) is 4.73. The highest BCUT2D eigenvalue weighted by Crippen LogP contribution is 2.19. The van der Waals surface area contributed by atoms with E-state index in [1.807, 2.05) is 0 Å². The summed E-state index contributed by atoms with van der Waals surface area (Å²) in [5, 5.41) is 11.9. The molecule has 1 aliphatic heterocycles. The van der Waals surface area contributed by atoms with E-state index in [0.29, 0.717) is 11.1 Å². The molecular weight excluding hydrogens is 394 g/mol. The number of nitrogens with one attached hydrogen (secondary N) is 1. The number of sulfone groups is 1. The maximum Gasteiger partial charge on any atom is 0.410 e. The smallest absolute Gasteiger partial charge is 0.410 e. The van der Waals surface area contributed by atoms with E-state index >= 15 is 0 Å². The maximum absolute atomic E-state index is 12.6. The highest BCUT2D eigenvalue weighted by atomic mass is 32.2. The third-order valence-electron chi connectivity index (χ3n) is 4.57. The fraction of sp³-hybridized carbons (Fsp3) is 0.250. The van der Waals surface area contributed by atoms with Crippen molar-refractivity contribution >= 4 is 21.8 Å². The van der Waals surface area contributed by atoms with Gasteiger partial charge in [0.25, 0.3) is 0 Å². The second kappa shape index (κ2) is 8.32. The molecule has 0 bridgehead atoms. The zero-order valence-corrected chi connectivity index (χ0v) is 16.5. The Bertz CT molecular complexity index is 1070. The lowest BCUT2D eigenvalue weighted by molar-refractivity contribution is -0.125. The first-order chi connectivity index (χ1) is 13.8. The van der Waals surface area contributed by atoms with Gasteiger partial charge in [-0.2, -0.15) is 5.26 Å². The summed E-state index contributed by atoms with van der Waals surface area (Å²) in [6.45, 7) is 0.187. The number of ether oxygens (including phenoxy) is 1. The summed E-state index contributed by atoms with van der Waals surface area (Å²) < 4.78 is 28.0. The van der Waals surface area contributed by atoms with Crippen LogP contribution in [0.5, 0.6) is 0 Å². The van der Waals surface area contributed by atoms with Crippen molar-refractivity contribution in [1.82, 2.24) is 10.2 Å². The summed E-state index contributed by atoms with van der Waals surface area (Å²) in [6, 6.07) is 14.3. The highest BCUT2D eigenvalue weighted by Gasteiger charge is 2.38. The molecule has 3 rings (SSSR count). The molecule has 1 saturated heterocycles. The minimum Gasteiger partial charge on any atom is -0.447 e. The minimum absolute atomic E-state index is 0.0770. The van der Waals surface area contributed by atoms with Gasteiger partial charge in [0, 0.05) is 12.8 Å². The van der Waals surface area contributed by atoms with Gasteiger partial charge in [0.1, 0.15) is 12.6 Å². The number of benzene rings is 2. The van der Waals surface area contributed by atoms with Crippen LogP contribution >= 0.6 is 0 Å². The normalized spacial score (nSPS) is 16.2. The Labute approximate surface area is 168 Å². The average molecular weight is 413 g/mol. The van der Waals surface area contributed by atoms with Crippen LogP contribution in [-0.4, -0.2) is 44.2 Å². The first kappa shape index (κ1) is 20.4. The monoisotopic (exact) mass is 413 g/mol. The fourth-order valence-electron chi connectivity index (χ4n) is 2.95. The molecular formula is C20H19N3O5S. The summed E-state index contributed by atoms with van der Waals surface area (Å²) >= 11 is 0. The molecule has 2 aromatic carbocycles. The molecule has 1 N–H and O–H groups in total. The molecule has 0 aliphatic carbocycles. The van der Waals surface area contributed by atoms with E-state index in [1.165, 1.54) is 17.0 Å². The van der Waals surface area contributed by atoms with Crippen molar-refractivity contribution in [2.24, 2.45) is 0 Å². The summed E-state index contributed by atoms with van der Waals surface area (Å²) in [5.74, 6) is -0.391. The number of rotatable bonds is 6. The van der Waals surface area contributed by atoms with Gasteiger partial charge in [0.05, 0.1) is 23.1 Å². The van der Waals surface area contributed by atoms with E-state index in [4.69, 9.17) is 4.74 Å². The van der Waals surface area contributed by atoms with Crippen molar-refractivity contribution in [3.05, 3.63) is 65.2 Å². The number of cyclic esters (lactones) is 1. The second-order valence-corrected chi connectivity index (χ2v) is 8.64. The molecule has 9 heteroatoms. The summed E-state index contributed by atoms with van der Waals surface area (Å²) in [4.78, 5) is 26.2. The Kier molecular flexibility index (Phi) is 5.84. The number of nitriles is 1. The van der Waals surface area contributed by atoms with Crippen LogP contribution in [0.25, 0.3) is 0 Å². The molecule has 29 heavy (non-hydrogen) atoms. The number of amides is 2. The molecule has 1 aliphatic rings. The molecule has 0 spiro atoms. The van der Waals surface area contributed by atoms with Gasteiger partial charge in [-0.1, -0.05) is 30.3 Å². The van der Waals surface area contributed by atoms with Crippen LogP contribution in [0.1, 0.15) is 16.7 Å². The lowest BCUT2D eigenvalue weighted by Crippen LogP contribution is -2.45. The molecule has 8 nitrogen and oxygen atoms in total. The molecule has 1 heterocycles. The van der Waals surface area contributed by atoms with E-state index in [1.54, 1.807) is 36.4 Å². The van der Waals surface area contributed by atoms with Gasteiger partial charge in [-0.25, -0.2) is 13.2 Å². The Hall–Kier alpha value is -3.38. The molecule has 0 saturated carbocycles. The Morgan fingerprint density at radius 3 is 2.59 bits per heavy atom. The average Bonchev–Trinajstić information content (AvgIpc) is 3.06. The molecule has 1 fully saturated rings. The van der Waals surface area contributed by atoms with Crippen LogP contribution < -0.4 is 5.32 Å². The fourth-order valence-corrected chi connectivity index (χ4v) is 3.59. The lowest BCUT2D eigenvalue weighted by atomic mass is 10.1. The summed E-state index contributed by atoms with van der Waals surface area (Å²) in [7, 11) is -3.28. The number of carbonyl (C=O) groups is 2. The molecule has 2 aromatic rings. The number of hydrogen-bond acceptors (Lipinski definition) is 6. The quantitative estimate of drug-likeness (QED) is 0.769. The maximum atomic E-state index is 12.6. The zero-order chi connectivity index (χ0) is 21.0. The molecule has 0 radical (unpaired) electrons. The van der Waals surface area contributed by atoms with E-state index in [-0.39, 0.29) is 24.6 Å². The first-order valence-electron chi connectivity index (χ1n) is 8.77. The highest BCUT2D eigenvalue weighted by molar-refractivity contribution is 7.90. The van der Waals surface area contributed by atoms with Crippen LogP contribution in [0.2, 0.25) is 0 Å². The Morgan fingerprint density at radius 2 is 1.93 bits per heavy atom. The van der Waals surface area contributed by atoms with Crippen molar-refractivity contribution in [3.63, 3.8) is 0 Å².